The van der Waals surface area contributed by atoms with Gasteiger partial charge in [-0.2, -0.15) is 0 Å². The van der Waals surface area contributed by atoms with Crippen molar-refractivity contribution < 1.29 is 19.1 Å². The van der Waals surface area contributed by atoms with Gasteiger partial charge in [0.25, 0.3) is 5.91 Å². The Labute approximate surface area is 158 Å². The van der Waals surface area contributed by atoms with Crippen molar-refractivity contribution in [1.29, 1.82) is 0 Å². The summed E-state index contributed by atoms with van der Waals surface area (Å²) in [6, 6.07) is 15.5. The normalized spacial score (nSPS) is 14.5. The Morgan fingerprint density at radius 2 is 1.70 bits per heavy atom. The molecule has 3 rings (SSSR count). The van der Waals surface area contributed by atoms with Crippen LogP contribution in [0.2, 0.25) is 0 Å². The Kier molecular flexibility index (Phi) is 5.86. The van der Waals surface area contributed by atoms with Gasteiger partial charge in [0.05, 0.1) is 5.56 Å². The first-order valence-electron chi connectivity index (χ1n) is 8.97. The SMILES string of the molecule is CC(=O)Nc1cccc(C(=O)O[C@@H](C(=O)N2CCCC2)c2ccccc2)c1. The van der Waals surface area contributed by atoms with Gasteiger partial charge in [-0.15, -0.1) is 0 Å². The third-order valence-corrected chi connectivity index (χ3v) is 4.39. The minimum atomic E-state index is -0.985. The molecule has 27 heavy (non-hydrogen) atoms. The van der Waals surface area contributed by atoms with E-state index in [1.807, 2.05) is 18.2 Å². The Hall–Kier alpha value is -3.15. The van der Waals surface area contributed by atoms with Crippen LogP contribution in [0.25, 0.3) is 0 Å². The number of anilines is 1. The molecule has 1 heterocycles. The number of rotatable bonds is 5. The molecular formula is C21H22N2O4. The third kappa shape index (κ3) is 4.73. The highest BCUT2D eigenvalue weighted by atomic mass is 16.5. The van der Waals surface area contributed by atoms with Crippen molar-refractivity contribution in [3.63, 3.8) is 0 Å². The number of likely N-dealkylation sites (tertiary alicyclic amines) is 1. The van der Waals surface area contributed by atoms with Crippen LogP contribution in [0.15, 0.2) is 54.6 Å². The van der Waals surface area contributed by atoms with Crippen LogP contribution in [0, 0.1) is 0 Å². The van der Waals surface area contributed by atoms with Gasteiger partial charge in [-0.05, 0) is 31.0 Å². The molecule has 1 atom stereocenters. The first kappa shape index (κ1) is 18.6. The fourth-order valence-electron chi connectivity index (χ4n) is 3.09. The summed E-state index contributed by atoms with van der Waals surface area (Å²) in [6.45, 7) is 2.75. The molecule has 140 valence electrons. The number of carbonyl (C=O) groups is 3. The van der Waals surface area contributed by atoms with Crippen LogP contribution in [0.3, 0.4) is 0 Å². The lowest BCUT2D eigenvalue weighted by molar-refractivity contribution is -0.140. The Balaban J connectivity index is 1.82. The van der Waals surface area contributed by atoms with Crippen LogP contribution in [0.4, 0.5) is 5.69 Å². The van der Waals surface area contributed by atoms with Crippen LogP contribution in [-0.4, -0.2) is 35.8 Å². The summed E-state index contributed by atoms with van der Waals surface area (Å²) in [5.74, 6) is -1.04. The summed E-state index contributed by atoms with van der Waals surface area (Å²) < 4.78 is 5.61. The number of ether oxygens (including phenoxy) is 1. The first-order valence-corrected chi connectivity index (χ1v) is 8.97. The largest absolute Gasteiger partial charge is 0.444 e. The zero-order valence-corrected chi connectivity index (χ0v) is 15.2. The van der Waals surface area contributed by atoms with Crippen LogP contribution in [0.1, 0.15) is 41.8 Å². The smallest absolute Gasteiger partial charge is 0.339 e. The highest BCUT2D eigenvalue weighted by molar-refractivity contribution is 5.95. The highest BCUT2D eigenvalue weighted by Gasteiger charge is 2.31. The molecule has 6 heteroatoms. The summed E-state index contributed by atoms with van der Waals surface area (Å²) in [5.41, 5.74) is 1.41. The fourth-order valence-corrected chi connectivity index (χ4v) is 3.09. The number of nitrogens with one attached hydrogen (secondary N) is 1. The van der Waals surface area contributed by atoms with E-state index in [4.69, 9.17) is 4.74 Å². The number of esters is 1. The minimum absolute atomic E-state index is 0.204. The monoisotopic (exact) mass is 366 g/mol. The van der Waals surface area contributed by atoms with Gasteiger partial charge in [-0.1, -0.05) is 36.4 Å². The maximum atomic E-state index is 12.9. The molecule has 1 aliphatic rings. The Morgan fingerprint density at radius 1 is 1.00 bits per heavy atom. The lowest BCUT2D eigenvalue weighted by Gasteiger charge is -2.23. The van der Waals surface area contributed by atoms with Crippen molar-refractivity contribution in [2.24, 2.45) is 0 Å². The average molecular weight is 366 g/mol. The van der Waals surface area contributed by atoms with Gasteiger partial charge in [0, 0.05) is 31.3 Å². The summed E-state index contributed by atoms with van der Waals surface area (Å²) in [4.78, 5) is 38.5. The van der Waals surface area contributed by atoms with Crippen LogP contribution in [-0.2, 0) is 14.3 Å². The van der Waals surface area contributed by atoms with E-state index in [1.165, 1.54) is 13.0 Å². The molecule has 1 fully saturated rings. The molecule has 1 saturated heterocycles. The van der Waals surface area contributed by atoms with Gasteiger partial charge in [0.15, 0.2) is 0 Å². The number of benzene rings is 2. The average Bonchev–Trinajstić information content (AvgIpc) is 3.20. The topological polar surface area (TPSA) is 75.7 Å². The lowest BCUT2D eigenvalue weighted by Crippen LogP contribution is -2.34. The molecule has 0 spiro atoms. The summed E-state index contributed by atoms with van der Waals surface area (Å²) >= 11 is 0. The summed E-state index contributed by atoms with van der Waals surface area (Å²) in [5, 5.41) is 2.63. The summed E-state index contributed by atoms with van der Waals surface area (Å²) in [6.07, 6.45) is 0.932. The quantitative estimate of drug-likeness (QED) is 0.825. The zero-order valence-electron chi connectivity index (χ0n) is 15.2. The van der Waals surface area contributed by atoms with Gasteiger partial charge in [-0.3, -0.25) is 9.59 Å². The Morgan fingerprint density at radius 3 is 2.37 bits per heavy atom. The van der Waals surface area contributed by atoms with E-state index in [1.54, 1.807) is 35.2 Å². The first-order chi connectivity index (χ1) is 13.0. The van der Waals surface area contributed by atoms with E-state index < -0.39 is 12.1 Å². The Bertz CT molecular complexity index is 829. The van der Waals surface area contributed by atoms with E-state index >= 15 is 0 Å². The van der Waals surface area contributed by atoms with E-state index in [-0.39, 0.29) is 17.4 Å². The van der Waals surface area contributed by atoms with E-state index in [0.29, 0.717) is 24.3 Å². The van der Waals surface area contributed by atoms with Gasteiger partial charge in [0.2, 0.25) is 12.0 Å². The summed E-state index contributed by atoms with van der Waals surface area (Å²) in [7, 11) is 0. The molecule has 2 aromatic carbocycles. The molecule has 2 amide bonds. The molecule has 2 aromatic rings. The molecule has 1 N–H and O–H groups in total. The standard InChI is InChI=1S/C21H22N2O4/c1-15(24)22-18-11-7-10-17(14-18)21(26)27-19(16-8-3-2-4-9-16)20(25)23-12-5-6-13-23/h2-4,7-11,14,19H,5-6,12-13H2,1H3,(H,22,24)/t19-/m1/s1. The van der Waals surface area contributed by atoms with Crippen LogP contribution >= 0.6 is 0 Å². The second-order valence-electron chi connectivity index (χ2n) is 6.49. The molecule has 0 unspecified atom stereocenters. The van der Waals surface area contributed by atoms with Gasteiger partial charge in [-0.25, -0.2) is 4.79 Å². The number of hydrogen-bond acceptors (Lipinski definition) is 4. The second-order valence-corrected chi connectivity index (χ2v) is 6.49. The molecule has 1 aliphatic heterocycles. The van der Waals surface area contributed by atoms with E-state index in [9.17, 15) is 14.4 Å². The predicted octanol–water partition coefficient (Wildman–Crippen LogP) is 3.17. The van der Waals surface area contributed by atoms with Gasteiger partial charge < -0.3 is 15.0 Å². The molecule has 0 radical (unpaired) electrons. The van der Waals surface area contributed by atoms with Crippen molar-refractivity contribution in [1.82, 2.24) is 4.90 Å². The maximum absolute atomic E-state index is 12.9. The number of carbonyl (C=O) groups excluding carboxylic acids is 3. The zero-order chi connectivity index (χ0) is 19.2. The second kappa shape index (κ2) is 8.49. The van der Waals surface area contributed by atoms with Crippen molar-refractivity contribution in [3.05, 3.63) is 65.7 Å². The third-order valence-electron chi connectivity index (χ3n) is 4.39. The van der Waals surface area contributed by atoms with Crippen molar-refractivity contribution in [2.45, 2.75) is 25.9 Å². The van der Waals surface area contributed by atoms with Crippen molar-refractivity contribution >= 4 is 23.5 Å². The predicted molar refractivity (Wildman–Crippen MR) is 101 cm³/mol. The molecule has 0 saturated carbocycles. The van der Waals surface area contributed by atoms with Crippen LogP contribution in [0.5, 0.6) is 0 Å². The highest BCUT2D eigenvalue weighted by Crippen LogP contribution is 2.24. The van der Waals surface area contributed by atoms with Gasteiger partial charge in [0.1, 0.15) is 0 Å². The molecular weight excluding hydrogens is 344 g/mol. The maximum Gasteiger partial charge on any atom is 0.339 e. The van der Waals surface area contributed by atoms with E-state index in [0.717, 1.165) is 12.8 Å². The van der Waals surface area contributed by atoms with Gasteiger partial charge >= 0.3 is 5.97 Å². The number of amides is 2. The fraction of sp³-hybridized carbons (Fsp3) is 0.286. The molecule has 6 nitrogen and oxygen atoms in total. The van der Waals surface area contributed by atoms with Crippen molar-refractivity contribution in [3.8, 4) is 0 Å². The van der Waals surface area contributed by atoms with E-state index in [2.05, 4.69) is 5.32 Å². The molecule has 0 aromatic heterocycles. The van der Waals surface area contributed by atoms with Crippen molar-refractivity contribution in [2.75, 3.05) is 18.4 Å². The minimum Gasteiger partial charge on any atom is -0.444 e. The lowest BCUT2D eigenvalue weighted by atomic mass is 10.1. The van der Waals surface area contributed by atoms with Crippen LogP contribution < -0.4 is 5.32 Å². The number of nitrogens with zero attached hydrogens (tertiary/aromatic N) is 1. The number of hydrogen-bond donors (Lipinski definition) is 1. The molecule has 0 aliphatic carbocycles. The molecule has 0 bridgehead atoms.